The second-order valence-corrected chi connectivity index (χ2v) is 6.31. The number of ether oxygens (including phenoxy) is 1. The van der Waals surface area contributed by atoms with E-state index in [-0.39, 0.29) is 12.4 Å². The SMILES string of the molecule is Cl.N#CC(CCCN1CCOCC1)(c1ccccc1)c1ccccc1. The molecule has 0 bridgehead atoms. The van der Waals surface area contributed by atoms with E-state index >= 15 is 0 Å². The third-order valence-electron chi connectivity index (χ3n) is 4.85. The van der Waals surface area contributed by atoms with Gasteiger partial charge in [0.1, 0.15) is 5.41 Å². The molecule has 1 fully saturated rings. The summed E-state index contributed by atoms with van der Waals surface area (Å²) in [7, 11) is 0. The Balaban J connectivity index is 0.00000225. The summed E-state index contributed by atoms with van der Waals surface area (Å²) >= 11 is 0. The normalized spacial score (nSPS) is 15.2. The first-order valence-electron chi connectivity index (χ1n) is 8.67. The minimum absolute atomic E-state index is 0. The zero-order valence-electron chi connectivity index (χ0n) is 14.4. The smallest absolute Gasteiger partial charge is 0.107 e. The second-order valence-electron chi connectivity index (χ2n) is 6.31. The second kappa shape index (κ2) is 9.58. The summed E-state index contributed by atoms with van der Waals surface area (Å²) < 4.78 is 5.41. The molecule has 25 heavy (non-hydrogen) atoms. The fourth-order valence-corrected chi connectivity index (χ4v) is 3.48. The molecule has 0 aromatic heterocycles. The third-order valence-corrected chi connectivity index (χ3v) is 4.85. The molecule has 132 valence electrons. The van der Waals surface area contributed by atoms with Crippen molar-refractivity contribution in [1.29, 1.82) is 5.26 Å². The summed E-state index contributed by atoms with van der Waals surface area (Å²) in [4.78, 5) is 2.43. The van der Waals surface area contributed by atoms with Crippen molar-refractivity contribution < 1.29 is 4.74 Å². The summed E-state index contributed by atoms with van der Waals surface area (Å²) in [5, 5.41) is 10.1. The molecule has 3 rings (SSSR count). The van der Waals surface area contributed by atoms with Crippen LogP contribution in [0.3, 0.4) is 0 Å². The Labute approximate surface area is 156 Å². The van der Waals surface area contributed by atoms with Gasteiger partial charge in [0.2, 0.25) is 0 Å². The van der Waals surface area contributed by atoms with Gasteiger partial charge in [-0.25, -0.2) is 0 Å². The van der Waals surface area contributed by atoms with Gasteiger partial charge >= 0.3 is 0 Å². The first-order chi connectivity index (χ1) is 11.8. The predicted octanol–water partition coefficient (Wildman–Crippen LogP) is 4.03. The van der Waals surface area contributed by atoms with Crippen LogP contribution in [-0.2, 0) is 10.2 Å². The van der Waals surface area contributed by atoms with Crippen molar-refractivity contribution >= 4 is 12.4 Å². The van der Waals surface area contributed by atoms with E-state index in [1.165, 1.54) is 0 Å². The van der Waals surface area contributed by atoms with Crippen molar-refractivity contribution in [2.75, 3.05) is 32.8 Å². The number of nitrogens with zero attached hydrogens (tertiary/aromatic N) is 2. The van der Waals surface area contributed by atoms with E-state index in [0.717, 1.165) is 56.8 Å². The number of benzene rings is 2. The number of hydrogen-bond donors (Lipinski definition) is 0. The molecule has 0 radical (unpaired) electrons. The van der Waals surface area contributed by atoms with Crippen LogP contribution in [0.25, 0.3) is 0 Å². The molecule has 0 amide bonds. The quantitative estimate of drug-likeness (QED) is 0.784. The molecule has 1 aliphatic heterocycles. The lowest BCUT2D eigenvalue weighted by Crippen LogP contribution is -2.37. The first kappa shape index (κ1) is 19.5. The molecule has 2 aromatic carbocycles. The van der Waals surface area contributed by atoms with Gasteiger partial charge in [-0.2, -0.15) is 5.26 Å². The van der Waals surface area contributed by atoms with Gasteiger partial charge in [-0.1, -0.05) is 60.7 Å². The van der Waals surface area contributed by atoms with Crippen molar-refractivity contribution in [2.45, 2.75) is 18.3 Å². The zero-order valence-corrected chi connectivity index (χ0v) is 15.3. The highest BCUT2D eigenvalue weighted by molar-refractivity contribution is 5.85. The van der Waals surface area contributed by atoms with Gasteiger partial charge in [0.25, 0.3) is 0 Å². The Morgan fingerprint density at radius 1 is 0.920 bits per heavy atom. The Morgan fingerprint density at radius 2 is 1.44 bits per heavy atom. The average Bonchev–Trinajstić information content (AvgIpc) is 2.68. The monoisotopic (exact) mass is 356 g/mol. The van der Waals surface area contributed by atoms with Crippen LogP contribution in [0.5, 0.6) is 0 Å². The van der Waals surface area contributed by atoms with E-state index in [1.807, 2.05) is 36.4 Å². The van der Waals surface area contributed by atoms with E-state index in [2.05, 4.69) is 35.2 Å². The molecule has 2 aromatic rings. The lowest BCUT2D eigenvalue weighted by molar-refractivity contribution is 0.0368. The molecular formula is C21H25ClN2O. The van der Waals surface area contributed by atoms with E-state index < -0.39 is 5.41 Å². The minimum Gasteiger partial charge on any atom is -0.379 e. The van der Waals surface area contributed by atoms with Crippen LogP contribution >= 0.6 is 12.4 Å². The molecule has 0 aliphatic carbocycles. The molecule has 1 saturated heterocycles. The van der Waals surface area contributed by atoms with Crippen molar-refractivity contribution in [2.24, 2.45) is 0 Å². The maximum absolute atomic E-state index is 10.1. The minimum atomic E-state index is -0.575. The van der Waals surface area contributed by atoms with Crippen LogP contribution < -0.4 is 0 Å². The molecule has 0 atom stereocenters. The van der Waals surface area contributed by atoms with Gasteiger partial charge < -0.3 is 4.74 Å². The van der Waals surface area contributed by atoms with Gasteiger partial charge in [0.05, 0.1) is 19.3 Å². The van der Waals surface area contributed by atoms with Crippen LogP contribution in [0.4, 0.5) is 0 Å². The molecule has 0 N–H and O–H groups in total. The summed E-state index contributed by atoms with van der Waals surface area (Å²) in [6.07, 6.45) is 1.83. The largest absolute Gasteiger partial charge is 0.379 e. The first-order valence-corrected chi connectivity index (χ1v) is 8.67. The Hall–Kier alpha value is -1.86. The fourth-order valence-electron chi connectivity index (χ4n) is 3.48. The highest BCUT2D eigenvalue weighted by Crippen LogP contribution is 2.36. The number of halogens is 1. The highest BCUT2D eigenvalue weighted by atomic mass is 35.5. The number of morpholine rings is 1. The molecule has 0 unspecified atom stereocenters. The molecule has 3 nitrogen and oxygen atoms in total. The molecule has 0 saturated carbocycles. The maximum Gasteiger partial charge on any atom is 0.107 e. The van der Waals surface area contributed by atoms with Crippen LogP contribution in [0.15, 0.2) is 60.7 Å². The molecule has 1 heterocycles. The Kier molecular flexibility index (Phi) is 7.46. The zero-order chi connectivity index (χ0) is 16.7. The Bertz CT molecular complexity index is 624. The summed E-state index contributed by atoms with van der Waals surface area (Å²) in [6.45, 7) is 4.65. The van der Waals surface area contributed by atoms with Gasteiger partial charge in [0.15, 0.2) is 0 Å². The summed E-state index contributed by atoms with van der Waals surface area (Å²) in [6, 6.07) is 23.0. The van der Waals surface area contributed by atoms with Gasteiger partial charge in [-0.15, -0.1) is 12.4 Å². The van der Waals surface area contributed by atoms with E-state index in [9.17, 15) is 5.26 Å². The van der Waals surface area contributed by atoms with E-state index in [4.69, 9.17) is 4.74 Å². The maximum atomic E-state index is 10.1. The van der Waals surface area contributed by atoms with E-state index in [0.29, 0.717) is 0 Å². The fraction of sp³-hybridized carbons (Fsp3) is 0.381. The lowest BCUT2D eigenvalue weighted by atomic mass is 9.72. The topological polar surface area (TPSA) is 36.3 Å². The van der Waals surface area contributed by atoms with Gasteiger partial charge in [-0.3, -0.25) is 4.90 Å². The lowest BCUT2D eigenvalue weighted by Gasteiger charge is -2.31. The Morgan fingerprint density at radius 3 is 1.92 bits per heavy atom. The molecule has 1 aliphatic rings. The standard InChI is InChI=1S/C21H24N2O.ClH/c22-18-21(19-8-3-1-4-9-19,20-10-5-2-6-11-20)12-7-13-23-14-16-24-17-15-23;/h1-6,8-11H,7,12-17H2;1H. The summed E-state index contributed by atoms with van der Waals surface area (Å²) in [5.41, 5.74) is 1.59. The van der Waals surface area contributed by atoms with E-state index in [1.54, 1.807) is 0 Å². The summed E-state index contributed by atoms with van der Waals surface area (Å²) in [5.74, 6) is 0. The van der Waals surface area contributed by atoms with Crippen molar-refractivity contribution in [3.63, 3.8) is 0 Å². The molecular weight excluding hydrogens is 332 g/mol. The number of hydrogen-bond acceptors (Lipinski definition) is 3. The highest BCUT2D eigenvalue weighted by Gasteiger charge is 2.34. The van der Waals surface area contributed by atoms with Gasteiger partial charge in [0, 0.05) is 13.1 Å². The van der Waals surface area contributed by atoms with Crippen molar-refractivity contribution in [3.8, 4) is 6.07 Å². The van der Waals surface area contributed by atoms with Crippen molar-refractivity contribution in [1.82, 2.24) is 4.90 Å². The average molecular weight is 357 g/mol. The third kappa shape index (κ3) is 4.61. The number of rotatable bonds is 6. The molecule has 0 spiro atoms. The van der Waals surface area contributed by atoms with Crippen LogP contribution in [0, 0.1) is 11.3 Å². The van der Waals surface area contributed by atoms with Crippen molar-refractivity contribution in [3.05, 3.63) is 71.8 Å². The predicted molar refractivity (Wildman–Crippen MR) is 103 cm³/mol. The number of nitriles is 1. The van der Waals surface area contributed by atoms with Gasteiger partial charge in [-0.05, 0) is 30.5 Å². The van der Waals surface area contributed by atoms with Crippen LogP contribution in [-0.4, -0.2) is 37.7 Å². The molecule has 4 heteroatoms. The van der Waals surface area contributed by atoms with Crippen LogP contribution in [0.2, 0.25) is 0 Å². The van der Waals surface area contributed by atoms with Crippen LogP contribution in [0.1, 0.15) is 24.0 Å².